The Morgan fingerprint density at radius 3 is 2.84 bits per heavy atom. The third-order valence-electron chi connectivity index (χ3n) is 4.42. The Morgan fingerprint density at radius 1 is 1.32 bits per heavy atom. The van der Waals surface area contributed by atoms with Gasteiger partial charge < -0.3 is 9.47 Å². The van der Waals surface area contributed by atoms with Crippen molar-refractivity contribution >= 4 is 0 Å². The first kappa shape index (κ1) is 12.9. The molecule has 2 fully saturated rings. The average molecular weight is 264 g/mol. The molecule has 1 aromatic rings. The van der Waals surface area contributed by atoms with Crippen LogP contribution in [0.2, 0.25) is 0 Å². The largest absolute Gasteiger partial charge is 0.491 e. The number of benzene rings is 1. The van der Waals surface area contributed by atoms with Gasteiger partial charge in [0, 0.05) is 0 Å². The summed E-state index contributed by atoms with van der Waals surface area (Å²) < 4.78 is 25.1. The van der Waals surface area contributed by atoms with Crippen molar-refractivity contribution < 1.29 is 13.9 Å². The van der Waals surface area contributed by atoms with E-state index in [0.29, 0.717) is 12.2 Å². The highest BCUT2D eigenvalue weighted by molar-refractivity contribution is 5.28. The minimum absolute atomic E-state index is 0.159. The molecule has 0 N–H and O–H groups in total. The lowest BCUT2D eigenvalue weighted by Gasteiger charge is -2.23. The maximum absolute atomic E-state index is 13.2. The highest BCUT2D eigenvalue weighted by atomic mass is 19.1. The molecule has 1 heterocycles. The molecule has 104 valence electrons. The van der Waals surface area contributed by atoms with E-state index in [9.17, 15) is 4.39 Å². The molecule has 1 saturated heterocycles. The first-order valence-corrected chi connectivity index (χ1v) is 7.24. The monoisotopic (exact) mass is 264 g/mol. The van der Waals surface area contributed by atoms with Crippen molar-refractivity contribution in [3.8, 4) is 5.75 Å². The van der Waals surface area contributed by atoms with Gasteiger partial charge in [0.1, 0.15) is 18.2 Å². The van der Waals surface area contributed by atoms with E-state index in [1.807, 2.05) is 0 Å². The number of rotatable bonds is 3. The van der Waals surface area contributed by atoms with E-state index in [-0.39, 0.29) is 17.5 Å². The second kappa shape index (κ2) is 5.12. The molecule has 1 aromatic carbocycles. The van der Waals surface area contributed by atoms with Crippen LogP contribution in [0.25, 0.3) is 0 Å². The second-order valence-electron chi connectivity index (χ2n) is 5.89. The summed E-state index contributed by atoms with van der Waals surface area (Å²) in [4.78, 5) is 0. The maximum atomic E-state index is 13.2. The molecule has 3 rings (SSSR count). The highest BCUT2D eigenvalue weighted by Gasteiger charge is 2.42. The van der Waals surface area contributed by atoms with Gasteiger partial charge in [-0.1, -0.05) is 12.8 Å². The fourth-order valence-electron chi connectivity index (χ4n) is 3.30. The van der Waals surface area contributed by atoms with Crippen molar-refractivity contribution in [3.05, 3.63) is 29.6 Å². The van der Waals surface area contributed by atoms with E-state index in [0.717, 1.165) is 12.2 Å². The van der Waals surface area contributed by atoms with Crippen molar-refractivity contribution in [2.24, 2.45) is 0 Å². The van der Waals surface area contributed by atoms with E-state index < -0.39 is 0 Å². The Morgan fingerprint density at radius 2 is 2.11 bits per heavy atom. The predicted octanol–water partition coefficient (Wildman–Crippen LogP) is 4.00. The van der Waals surface area contributed by atoms with E-state index in [2.05, 4.69) is 0 Å². The lowest BCUT2D eigenvalue weighted by molar-refractivity contribution is -0.0508. The first-order chi connectivity index (χ1) is 9.17. The molecule has 19 heavy (non-hydrogen) atoms. The quantitative estimate of drug-likeness (QED) is 0.821. The van der Waals surface area contributed by atoms with Crippen molar-refractivity contribution in [2.45, 2.75) is 57.2 Å². The molecular formula is C16H21FO2. The van der Waals surface area contributed by atoms with Gasteiger partial charge in [-0.15, -0.1) is 0 Å². The molecule has 1 aliphatic carbocycles. The summed E-state index contributed by atoms with van der Waals surface area (Å²) in [5.41, 5.74) is 0.782. The molecule has 2 nitrogen and oxygen atoms in total. The van der Waals surface area contributed by atoms with Gasteiger partial charge >= 0.3 is 0 Å². The molecule has 1 unspecified atom stereocenters. The Bertz CT molecular complexity index is 452. The summed E-state index contributed by atoms with van der Waals surface area (Å²) in [6.45, 7) is 2.33. The van der Waals surface area contributed by atoms with Gasteiger partial charge in [-0.2, -0.15) is 0 Å². The second-order valence-corrected chi connectivity index (χ2v) is 5.89. The minimum atomic E-state index is -0.186. The number of hydrogen-bond acceptors (Lipinski definition) is 2. The van der Waals surface area contributed by atoms with Crippen LogP contribution < -0.4 is 4.74 Å². The van der Waals surface area contributed by atoms with Crippen molar-refractivity contribution in [2.75, 3.05) is 6.61 Å². The smallest absolute Gasteiger partial charge is 0.126 e. The van der Waals surface area contributed by atoms with E-state index in [1.54, 1.807) is 19.1 Å². The maximum Gasteiger partial charge on any atom is 0.126 e. The lowest BCUT2D eigenvalue weighted by Crippen LogP contribution is -2.27. The molecule has 1 aliphatic heterocycles. The molecular weight excluding hydrogens is 243 g/mol. The minimum Gasteiger partial charge on any atom is -0.491 e. The van der Waals surface area contributed by atoms with E-state index >= 15 is 0 Å². The fraction of sp³-hybridized carbons (Fsp3) is 0.625. The first-order valence-electron chi connectivity index (χ1n) is 7.24. The Balaban J connectivity index is 1.54. The molecule has 0 amide bonds. The summed E-state index contributed by atoms with van der Waals surface area (Å²) >= 11 is 0. The lowest BCUT2D eigenvalue weighted by atomic mass is 9.98. The van der Waals surface area contributed by atoms with Crippen LogP contribution in [0.5, 0.6) is 5.75 Å². The van der Waals surface area contributed by atoms with Gasteiger partial charge in [0.15, 0.2) is 0 Å². The third kappa shape index (κ3) is 2.76. The topological polar surface area (TPSA) is 18.5 Å². The third-order valence-corrected chi connectivity index (χ3v) is 4.42. The van der Waals surface area contributed by atoms with Crippen molar-refractivity contribution in [1.29, 1.82) is 0 Å². The number of halogens is 1. The normalized spacial score (nSPS) is 25.1. The van der Waals surface area contributed by atoms with Crippen molar-refractivity contribution in [3.63, 3.8) is 0 Å². The number of hydrogen-bond donors (Lipinski definition) is 0. The van der Waals surface area contributed by atoms with Crippen LogP contribution in [0, 0.1) is 12.7 Å². The van der Waals surface area contributed by atoms with Crippen LogP contribution in [0.1, 0.15) is 44.1 Å². The molecule has 1 spiro atoms. The van der Waals surface area contributed by atoms with E-state index in [4.69, 9.17) is 9.47 Å². The number of ether oxygens (including phenoxy) is 2. The zero-order valence-electron chi connectivity index (χ0n) is 11.5. The standard InChI is InChI=1S/C16H21FO2/c1-12-10-13(4-5-15(12)17)18-11-14-6-9-16(19-14)7-2-3-8-16/h4-5,10,14H,2-3,6-9,11H2,1H3. The zero-order valence-corrected chi connectivity index (χ0v) is 11.5. The fourth-order valence-corrected chi connectivity index (χ4v) is 3.30. The Hall–Kier alpha value is -1.09. The van der Waals surface area contributed by atoms with Crippen LogP contribution in [-0.2, 0) is 4.74 Å². The molecule has 0 aromatic heterocycles. The molecule has 0 bridgehead atoms. The van der Waals surface area contributed by atoms with Crippen LogP contribution >= 0.6 is 0 Å². The van der Waals surface area contributed by atoms with Gasteiger partial charge in [0.25, 0.3) is 0 Å². The highest BCUT2D eigenvalue weighted by Crippen LogP contribution is 2.43. The van der Waals surface area contributed by atoms with Gasteiger partial charge in [0.2, 0.25) is 0 Å². The Labute approximate surface area is 113 Å². The summed E-state index contributed by atoms with van der Waals surface area (Å²) in [6.07, 6.45) is 7.46. The van der Waals surface area contributed by atoms with E-state index in [1.165, 1.54) is 38.2 Å². The van der Waals surface area contributed by atoms with Gasteiger partial charge in [-0.05, 0) is 56.4 Å². The summed E-state index contributed by atoms with van der Waals surface area (Å²) in [6, 6.07) is 4.89. The predicted molar refractivity (Wildman–Crippen MR) is 71.9 cm³/mol. The summed E-state index contributed by atoms with van der Waals surface area (Å²) in [7, 11) is 0. The zero-order chi connectivity index (χ0) is 13.3. The van der Waals surface area contributed by atoms with Gasteiger partial charge in [-0.25, -0.2) is 4.39 Å². The van der Waals surface area contributed by atoms with Crippen LogP contribution in [-0.4, -0.2) is 18.3 Å². The Kier molecular flexibility index (Phi) is 3.48. The van der Waals surface area contributed by atoms with Gasteiger partial charge in [0.05, 0.1) is 11.7 Å². The van der Waals surface area contributed by atoms with Crippen LogP contribution in [0.4, 0.5) is 4.39 Å². The van der Waals surface area contributed by atoms with Crippen molar-refractivity contribution in [1.82, 2.24) is 0 Å². The molecule has 0 radical (unpaired) electrons. The summed E-state index contributed by atoms with van der Waals surface area (Å²) in [5, 5.41) is 0. The summed E-state index contributed by atoms with van der Waals surface area (Å²) in [5.74, 6) is 0.546. The van der Waals surface area contributed by atoms with Crippen LogP contribution in [0.15, 0.2) is 18.2 Å². The number of aryl methyl sites for hydroxylation is 1. The SMILES string of the molecule is Cc1cc(OCC2CCC3(CCCC3)O2)ccc1F. The van der Waals surface area contributed by atoms with Gasteiger partial charge in [-0.3, -0.25) is 0 Å². The molecule has 3 heteroatoms. The average Bonchev–Trinajstić information content (AvgIpc) is 3.02. The van der Waals surface area contributed by atoms with Crippen LogP contribution in [0.3, 0.4) is 0 Å². The molecule has 2 aliphatic rings. The molecule has 1 saturated carbocycles. The molecule has 1 atom stereocenters.